The first-order chi connectivity index (χ1) is 12.5. The van der Waals surface area contributed by atoms with Crippen LogP contribution in [0, 0.1) is 6.92 Å². The van der Waals surface area contributed by atoms with Crippen molar-refractivity contribution in [3.8, 4) is 5.75 Å². The Morgan fingerprint density at radius 1 is 1.22 bits per heavy atom. The summed E-state index contributed by atoms with van der Waals surface area (Å²) in [6.07, 6.45) is -4.71. The minimum absolute atomic E-state index is 0.0499. The van der Waals surface area contributed by atoms with Crippen LogP contribution in [0.2, 0.25) is 5.02 Å². The monoisotopic (exact) mass is 400 g/mol. The van der Waals surface area contributed by atoms with Gasteiger partial charge in [0.1, 0.15) is 11.5 Å². The lowest BCUT2D eigenvalue weighted by Gasteiger charge is -2.12. The number of ether oxygens (including phenoxy) is 1. The summed E-state index contributed by atoms with van der Waals surface area (Å²) in [7, 11) is 0. The molecule has 0 fully saturated rings. The Morgan fingerprint density at radius 3 is 2.52 bits per heavy atom. The number of halogens is 4. The Bertz CT molecular complexity index is 869. The van der Waals surface area contributed by atoms with Crippen LogP contribution >= 0.6 is 11.6 Å². The van der Waals surface area contributed by atoms with Crippen molar-refractivity contribution in [1.82, 2.24) is 10.3 Å². The summed E-state index contributed by atoms with van der Waals surface area (Å²) < 4.78 is 40.5. The van der Waals surface area contributed by atoms with Crippen molar-refractivity contribution >= 4 is 23.3 Å². The molecule has 144 valence electrons. The summed E-state index contributed by atoms with van der Waals surface area (Å²) in [4.78, 5) is 27.7. The molecule has 9 heteroatoms. The minimum Gasteiger partial charge on any atom is -0.404 e. The predicted molar refractivity (Wildman–Crippen MR) is 92.7 cm³/mol. The summed E-state index contributed by atoms with van der Waals surface area (Å²) in [6.45, 7) is 3.19. The first kappa shape index (κ1) is 20.7. The van der Waals surface area contributed by atoms with Crippen LogP contribution in [0.4, 0.5) is 13.2 Å². The van der Waals surface area contributed by atoms with Gasteiger partial charge in [-0.2, -0.15) is 0 Å². The van der Waals surface area contributed by atoms with Gasteiger partial charge in [0, 0.05) is 29.9 Å². The molecule has 0 aliphatic carbocycles. The van der Waals surface area contributed by atoms with E-state index in [-0.39, 0.29) is 23.8 Å². The highest BCUT2D eigenvalue weighted by molar-refractivity contribution is 6.32. The third kappa shape index (κ3) is 6.56. The number of amides is 1. The maximum atomic E-state index is 12.3. The first-order valence-corrected chi connectivity index (χ1v) is 8.20. The Labute approximate surface area is 158 Å². The number of nitrogens with one attached hydrogen (secondary N) is 1. The zero-order valence-electron chi connectivity index (χ0n) is 14.5. The summed E-state index contributed by atoms with van der Waals surface area (Å²) >= 11 is 5.78. The number of ketones is 1. The summed E-state index contributed by atoms with van der Waals surface area (Å²) in [5, 5.41) is 2.42. The van der Waals surface area contributed by atoms with E-state index in [0.29, 0.717) is 22.5 Å². The minimum atomic E-state index is -4.84. The number of nitrogens with zero attached hydrogens (tertiary/aromatic N) is 1. The highest BCUT2D eigenvalue weighted by atomic mass is 35.5. The van der Waals surface area contributed by atoms with E-state index < -0.39 is 18.0 Å². The molecule has 1 N–H and O–H groups in total. The van der Waals surface area contributed by atoms with E-state index in [1.807, 2.05) is 0 Å². The summed E-state index contributed by atoms with van der Waals surface area (Å²) in [5.74, 6) is -0.995. The van der Waals surface area contributed by atoms with Crippen LogP contribution in [0.25, 0.3) is 0 Å². The topological polar surface area (TPSA) is 68.3 Å². The molecule has 0 saturated carbocycles. The molecule has 0 unspecified atom stereocenters. The molecular formula is C18H16ClF3N2O3. The second-order valence-electron chi connectivity index (χ2n) is 5.86. The van der Waals surface area contributed by atoms with E-state index in [1.54, 1.807) is 13.0 Å². The highest BCUT2D eigenvalue weighted by Gasteiger charge is 2.32. The normalized spacial score (nSPS) is 11.2. The molecule has 0 radical (unpaired) electrons. The maximum absolute atomic E-state index is 12.3. The van der Waals surface area contributed by atoms with Gasteiger partial charge in [0.15, 0.2) is 0 Å². The molecule has 0 bridgehead atoms. The molecule has 0 saturated heterocycles. The van der Waals surface area contributed by atoms with Gasteiger partial charge in [-0.3, -0.25) is 14.6 Å². The summed E-state index contributed by atoms with van der Waals surface area (Å²) in [5.41, 5.74) is 1.92. The van der Waals surface area contributed by atoms with Crippen LogP contribution in [0.1, 0.15) is 34.2 Å². The second-order valence-corrected chi connectivity index (χ2v) is 6.27. The Balaban J connectivity index is 2.06. The first-order valence-electron chi connectivity index (χ1n) is 7.83. The van der Waals surface area contributed by atoms with E-state index in [9.17, 15) is 22.8 Å². The zero-order valence-corrected chi connectivity index (χ0v) is 15.2. The van der Waals surface area contributed by atoms with E-state index in [0.717, 1.165) is 6.07 Å². The van der Waals surface area contributed by atoms with Crippen molar-refractivity contribution < 1.29 is 27.5 Å². The van der Waals surface area contributed by atoms with Gasteiger partial charge in [-0.15, -0.1) is 13.2 Å². The lowest BCUT2D eigenvalue weighted by atomic mass is 10.1. The fourth-order valence-corrected chi connectivity index (χ4v) is 2.60. The number of aromatic nitrogens is 1. The number of alkyl halides is 3. The van der Waals surface area contributed by atoms with Crippen molar-refractivity contribution in [2.24, 2.45) is 0 Å². The smallest absolute Gasteiger partial charge is 0.404 e. The second kappa shape index (κ2) is 8.39. The van der Waals surface area contributed by atoms with Crippen LogP contribution in [-0.4, -0.2) is 23.0 Å². The average molecular weight is 401 g/mol. The van der Waals surface area contributed by atoms with Gasteiger partial charge in [-0.05, 0) is 43.7 Å². The number of benzene rings is 1. The van der Waals surface area contributed by atoms with Gasteiger partial charge in [0.05, 0.1) is 5.02 Å². The van der Waals surface area contributed by atoms with E-state index in [1.165, 1.54) is 25.1 Å². The van der Waals surface area contributed by atoms with Crippen molar-refractivity contribution in [3.05, 3.63) is 57.9 Å². The standard InChI is InChI=1S/C18H16ClF3N2O3/c1-10-5-13(8-14(24-10)6-11(2)25)17(26)23-9-12-3-4-16(15(19)7-12)27-18(20,21)22/h3-5,7-8H,6,9H2,1-2H3,(H,23,26). The molecule has 1 aromatic heterocycles. The molecule has 27 heavy (non-hydrogen) atoms. The number of aryl methyl sites for hydroxylation is 1. The molecule has 5 nitrogen and oxygen atoms in total. The van der Waals surface area contributed by atoms with Crippen molar-refractivity contribution in [3.63, 3.8) is 0 Å². The number of Topliss-reactive ketones (excluding diaryl/α,β-unsaturated/α-hetero) is 1. The molecule has 0 atom stereocenters. The number of hydrogen-bond donors (Lipinski definition) is 1. The number of hydrogen-bond acceptors (Lipinski definition) is 4. The maximum Gasteiger partial charge on any atom is 0.573 e. The van der Waals surface area contributed by atoms with E-state index in [2.05, 4.69) is 15.0 Å². The lowest BCUT2D eigenvalue weighted by Crippen LogP contribution is -2.23. The molecule has 2 aromatic rings. The van der Waals surface area contributed by atoms with Crippen molar-refractivity contribution in [2.75, 3.05) is 0 Å². The predicted octanol–water partition coefficient (Wildman–Crippen LogP) is 4.00. The van der Waals surface area contributed by atoms with Gasteiger partial charge >= 0.3 is 6.36 Å². The van der Waals surface area contributed by atoms with Gasteiger partial charge in [0.2, 0.25) is 0 Å². The average Bonchev–Trinajstić information content (AvgIpc) is 2.52. The fourth-order valence-electron chi connectivity index (χ4n) is 2.36. The molecule has 0 aliphatic rings. The molecule has 1 heterocycles. The van der Waals surface area contributed by atoms with Gasteiger partial charge in [-0.1, -0.05) is 17.7 Å². The number of rotatable bonds is 6. The van der Waals surface area contributed by atoms with Crippen molar-refractivity contribution in [1.29, 1.82) is 0 Å². The third-order valence-corrected chi connectivity index (χ3v) is 3.67. The van der Waals surface area contributed by atoms with E-state index >= 15 is 0 Å². The van der Waals surface area contributed by atoms with Crippen LogP contribution < -0.4 is 10.1 Å². The van der Waals surface area contributed by atoms with Crippen LogP contribution in [0.3, 0.4) is 0 Å². The number of carbonyl (C=O) groups excluding carboxylic acids is 2. The van der Waals surface area contributed by atoms with Gasteiger partial charge in [0.25, 0.3) is 5.91 Å². The largest absolute Gasteiger partial charge is 0.573 e. The Hall–Kier alpha value is -2.61. The highest BCUT2D eigenvalue weighted by Crippen LogP contribution is 2.30. The molecular weight excluding hydrogens is 385 g/mol. The summed E-state index contributed by atoms with van der Waals surface area (Å²) in [6, 6.07) is 6.83. The molecule has 0 aliphatic heterocycles. The zero-order chi connectivity index (χ0) is 20.2. The molecule has 2 rings (SSSR count). The molecule has 1 aromatic carbocycles. The molecule has 1 amide bonds. The Kier molecular flexibility index (Phi) is 6.43. The number of carbonyl (C=O) groups is 2. The van der Waals surface area contributed by atoms with Crippen molar-refractivity contribution in [2.45, 2.75) is 33.2 Å². The Morgan fingerprint density at radius 2 is 1.93 bits per heavy atom. The van der Waals surface area contributed by atoms with Gasteiger partial charge in [-0.25, -0.2) is 0 Å². The molecule has 0 spiro atoms. The van der Waals surface area contributed by atoms with Crippen LogP contribution in [-0.2, 0) is 17.8 Å². The van der Waals surface area contributed by atoms with Crippen LogP contribution in [0.15, 0.2) is 30.3 Å². The fraction of sp³-hybridized carbons (Fsp3) is 0.278. The lowest BCUT2D eigenvalue weighted by molar-refractivity contribution is -0.274. The third-order valence-electron chi connectivity index (χ3n) is 3.37. The van der Waals surface area contributed by atoms with Crippen LogP contribution in [0.5, 0.6) is 5.75 Å². The number of pyridine rings is 1. The SMILES string of the molecule is CC(=O)Cc1cc(C(=O)NCc2ccc(OC(F)(F)F)c(Cl)c2)cc(C)n1. The van der Waals surface area contributed by atoms with Gasteiger partial charge < -0.3 is 10.1 Å². The van der Waals surface area contributed by atoms with E-state index in [4.69, 9.17) is 11.6 Å². The quantitative estimate of drug-likeness (QED) is 0.795.